The van der Waals surface area contributed by atoms with Crippen LogP contribution < -0.4 is 21.7 Å². The van der Waals surface area contributed by atoms with Crippen LogP contribution in [-0.2, 0) is 36.8 Å². The summed E-state index contributed by atoms with van der Waals surface area (Å²) in [5.41, 5.74) is 7.01. The van der Waals surface area contributed by atoms with E-state index in [9.17, 15) is 24.3 Å². The van der Waals surface area contributed by atoms with E-state index in [1.807, 2.05) is 26.0 Å². The first-order valence-corrected chi connectivity index (χ1v) is 12.1. The molecule has 1 aliphatic rings. The summed E-state index contributed by atoms with van der Waals surface area (Å²) < 4.78 is 5.27. The van der Waals surface area contributed by atoms with Gasteiger partial charge >= 0.3 is 0 Å². The van der Waals surface area contributed by atoms with Crippen molar-refractivity contribution in [2.75, 3.05) is 6.54 Å². The summed E-state index contributed by atoms with van der Waals surface area (Å²) in [4.78, 5) is 54.3. The van der Waals surface area contributed by atoms with E-state index in [1.165, 1.54) is 12.1 Å². The van der Waals surface area contributed by atoms with Crippen molar-refractivity contribution in [3.05, 3.63) is 59.9 Å². The first-order valence-electron chi connectivity index (χ1n) is 12.1. The third-order valence-corrected chi connectivity index (χ3v) is 5.79. The number of rotatable bonds is 13. The summed E-state index contributed by atoms with van der Waals surface area (Å²) >= 11 is 0. The number of phenolic OH excluding ortho intramolecular Hbond substituents is 1. The number of ether oxygens (including phenoxy) is 1. The molecule has 1 aliphatic heterocycles. The van der Waals surface area contributed by atoms with Crippen molar-refractivity contribution in [3.8, 4) is 5.75 Å². The van der Waals surface area contributed by atoms with E-state index in [2.05, 4.69) is 20.9 Å². The SMILES string of the molecule is CC(C)C[C@H](NC(=O)[C@@H]1O[C@H]1C(=O)NCCc1ccccn1)C(=O)N[C@@H](Cc1ccc(O)cc1)C(N)=O. The highest BCUT2D eigenvalue weighted by Gasteiger charge is 2.50. The topological polar surface area (TPSA) is 176 Å². The maximum absolute atomic E-state index is 13.0. The van der Waals surface area contributed by atoms with Gasteiger partial charge in [0.1, 0.15) is 17.8 Å². The molecule has 0 saturated carbocycles. The third kappa shape index (κ3) is 8.57. The smallest absolute Gasteiger partial charge is 0.253 e. The number of epoxide rings is 1. The Morgan fingerprint density at radius 3 is 2.32 bits per heavy atom. The second-order valence-electron chi connectivity index (χ2n) is 9.36. The van der Waals surface area contributed by atoms with Gasteiger partial charge in [0.2, 0.25) is 11.8 Å². The van der Waals surface area contributed by atoms with E-state index in [1.54, 1.807) is 24.4 Å². The fourth-order valence-corrected chi connectivity index (χ4v) is 3.79. The summed E-state index contributed by atoms with van der Waals surface area (Å²) in [6.07, 6.45) is 0.703. The van der Waals surface area contributed by atoms with Crippen molar-refractivity contribution in [2.24, 2.45) is 11.7 Å². The number of nitrogens with one attached hydrogen (secondary N) is 3. The predicted molar refractivity (Wildman–Crippen MR) is 134 cm³/mol. The number of nitrogens with two attached hydrogens (primary N) is 1. The zero-order valence-electron chi connectivity index (χ0n) is 20.8. The Morgan fingerprint density at radius 2 is 1.70 bits per heavy atom. The molecule has 0 bridgehead atoms. The van der Waals surface area contributed by atoms with Crippen LogP contribution in [0.5, 0.6) is 5.75 Å². The van der Waals surface area contributed by atoms with Crippen LogP contribution in [0.4, 0.5) is 0 Å². The molecule has 1 saturated heterocycles. The summed E-state index contributed by atoms with van der Waals surface area (Å²) in [6.45, 7) is 4.12. The van der Waals surface area contributed by atoms with Crippen LogP contribution >= 0.6 is 0 Å². The number of nitrogens with zero attached hydrogens (tertiary/aromatic N) is 1. The first kappa shape index (κ1) is 27.6. The minimum Gasteiger partial charge on any atom is -0.508 e. The molecule has 0 spiro atoms. The largest absolute Gasteiger partial charge is 0.508 e. The molecule has 0 unspecified atom stereocenters. The van der Waals surface area contributed by atoms with E-state index in [-0.39, 0.29) is 18.1 Å². The third-order valence-electron chi connectivity index (χ3n) is 5.79. The number of benzene rings is 1. The Labute approximate surface area is 215 Å². The van der Waals surface area contributed by atoms with E-state index >= 15 is 0 Å². The van der Waals surface area contributed by atoms with Crippen molar-refractivity contribution in [2.45, 2.75) is 57.4 Å². The van der Waals surface area contributed by atoms with Crippen molar-refractivity contribution in [1.82, 2.24) is 20.9 Å². The Kier molecular flexibility index (Phi) is 9.56. The molecule has 4 atom stereocenters. The molecule has 4 amide bonds. The average Bonchev–Trinajstić information content (AvgIpc) is 3.66. The molecule has 3 rings (SSSR count). The second-order valence-corrected chi connectivity index (χ2v) is 9.36. The number of primary amides is 1. The van der Waals surface area contributed by atoms with Gasteiger partial charge in [-0.05, 0) is 42.2 Å². The van der Waals surface area contributed by atoms with Gasteiger partial charge in [-0.3, -0.25) is 24.2 Å². The molecular weight excluding hydrogens is 478 g/mol. The molecule has 1 aromatic carbocycles. The number of carbonyl (C=O) groups excluding carboxylic acids is 4. The number of aromatic nitrogens is 1. The van der Waals surface area contributed by atoms with Crippen LogP contribution in [0.3, 0.4) is 0 Å². The molecule has 0 radical (unpaired) electrons. The number of carbonyl (C=O) groups is 4. The quantitative estimate of drug-likeness (QED) is 0.234. The molecule has 1 fully saturated rings. The minimum atomic E-state index is -1.02. The van der Waals surface area contributed by atoms with Crippen LogP contribution in [0.2, 0.25) is 0 Å². The lowest BCUT2D eigenvalue weighted by molar-refractivity contribution is -0.132. The lowest BCUT2D eigenvalue weighted by atomic mass is 10.0. The van der Waals surface area contributed by atoms with Gasteiger partial charge in [-0.25, -0.2) is 0 Å². The summed E-state index contributed by atoms with van der Waals surface area (Å²) in [7, 11) is 0. The van der Waals surface area contributed by atoms with Crippen molar-refractivity contribution < 1.29 is 29.0 Å². The number of pyridine rings is 1. The van der Waals surface area contributed by atoms with Gasteiger partial charge in [-0.1, -0.05) is 32.0 Å². The minimum absolute atomic E-state index is 0.0472. The highest BCUT2D eigenvalue weighted by molar-refractivity contribution is 5.97. The lowest BCUT2D eigenvalue weighted by Gasteiger charge is -2.23. The van der Waals surface area contributed by atoms with Crippen LogP contribution in [0.15, 0.2) is 48.7 Å². The number of amides is 4. The van der Waals surface area contributed by atoms with E-state index in [0.29, 0.717) is 24.9 Å². The van der Waals surface area contributed by atoms with Crippen molar-refractivity contribution in [3.63, 3.8) is 0 Å². The van der Waals surface area contributed by atoms with Crippen LogP contribution in [0.25, 0.3) is 0 Å². The van der Waals surface area contributed by atoms with E-state index in [4.69, 9.17) is 10.5 Å². The van der Waals surface area contributed by atoms with Crippen LogP contribution in [0, 0.1) is 5.92 Å². The van der Waals surface area contributed by atoms with E-state index < -0.39 is 47.9 Å². The molecule has 2 aromatic rings. The molecule has 11 nitrogen and oxygen atoms in total. The standard InChI is InChI=1S/C26H33N5O6/c1-15(2)13-20(24(34)30-19(23(27)33)14-16-6-8-18(32)9-7-16)31-26(36)22-21(37-22)25(35)29-12-10-17-5-3-4-11-28-17/h3-9,11,15,19-22,32H,10,12-14H2,1-2H3,(H2,27,33)(H,29,35)(H,30,34)(H,31,36)/t19-,20-,21+,22+/m0/s1. The molecule has 0 aliphatic carbocycles. The molecule has 1 aromatic heterocycles. The molecule has 198 valence electrons. The van der Waals surface area contributed by atoms with Gasteiger partial charge in [-0.2, -0.15) is 0 Å². The number of aromatic hydroxyl groups is 1. The zero-order valence-corrected chi connectivity index (χ0v) is 20.8. The van der Waals surface area contributed by atoms with Gasteiger partial charge in [0.25, 0.3) is 11.8 Å². The first-order chi connectivity index (χ1) is 17.6. The Hall–Kier alpha value is -3.99. The number of hydrogen-bond acceptors (Lipinski definition) is 7. The molecule has 2 heterocycles. The molecular formula is C26H33N5O6. The monoisotopic (exact) mass is 511 g/mol. The normalized spacial score (nSPS) is 17.9. The Balaban J connectivity index is 1.53. The van der Waals surface area contributed by atoms with Crippen LogP contribution in [0.1, 0.15) is 31.5 Å². The zero-order chi connectivity index (χ0) is 26.9. The second kappa shape index (κ2) is 12.8. The molecule has 6 N–H and O–H groups in total. The highest BCUT2D eigenvalue weighted by Crippen LogP contribution is 2.23. The number of hydrogen-bond donors (Lipinski definition) is 5. The van der Waals surface area contributed by atoms with Gasteiger partial charge in [0.15, 0.2) is 12.2 Å². The fraction of sp³-hybridized carbons (Fsp3) is 0.423. The van der Waals surface area contributed by atoms with Crippen molar-refractivity contribution >= 4 is 23.6 Å². The summed E-state index contributed by atoms with van der Waals surface area (Å²) in [6, 6.07) is 9.73. The fourth-order valence-electron chi connectivity index (χ4n) is 3.79. The van der Waals surface area contributed by atoms with E-state index in [0.717, 1.165) is 5.69 Å². The van der Waals surface area contributed by atoms with Gasteiger partial charge in [0.05, 0.1) is 0 Å². The molecule has 11 heteroatoms. The van der Waals surface area contributed by atoms with Crippen molar-refractivity contribution in [1.29, 1.82) is 0 Å². The Morgan fingerprint density at radius 1 is 1.00 bits per heavy atom. The molecule has 37 heavy (non-hydrogen) atoms. The van der Waals surface area contributed by atoms with Gasteiger partial charge in [-0.15, -0.1) is 0 Å². The summed E-state index contributed by atoms with van der Waals surface area (Å²) in [5, 5.41) is 17.4. The number of phenols is 1. The predicted octanol–water partition coefficient (Wildman–Crippen LogP) is -0.0430. The lowest BCUT2D eigenvalue weighted by Crippen LogP contribution is -2.54. The maximum Gasteiger partial charge on any atom is 0.253 e. The van der Waals surface area contributed by atoms with Crippen LogP contribution in [-0.4, -0.2) is 64.6 Å². The van der Waals surface area contributed by atoms with Gasteiger partial charge < -0.3 is 31.5 Å². The maximum atomic E-state index is 13.0. The summed E-state index contributed by atoms with van der Waals surface area (Å²) in [5.74, 6) is -2.18. The highest BCUT2D eigenvalue weighted by atomic mass is 16.6. The Bertz CT molecular complexity index is 1090. The average molecular weight is 512 g/mol. The van der Waals surface area contributed by atoms with Gasteiger partial charge in [0, 0.05) is 31.3 Å².